The third-order valence-electron chi connectivity index (χ3n) is 8.17. The molecule has 35 heavy (non-hydrogen) atoms. The summed E-state index contributed by atoms with van der Waals surface area (Å²) in [7, 11) is 0. The zero-order valence-corrected chi connectivity index (χ0v) is 20.3. The van der Waals surface area contributed by atoms with Gasteiger partial charge in [0.1, 0.15) is 6.04 Å². The fraction of sp³-hybridized carbons (Fsp3) is 0.654. The molecule has 4 aliphatic rings. The topological polar surface area (TPSA) is 117 Å². The Bertz CT molecular complexity index is 955. The van der Waals surface area contributed by atoms with Crippen LogP contribution in [0.25, 0.3) is 0 Å². The first kappa shape index (κ1) is 24.2. The van der Waals surface area contributed by atoms with Crippen LogP contribution in [0.2, 0.25) is 0 Å². The molecule has 2 atom stereocenters. The second-order valence-electron chi connectivity index (χ2n) is 10.4. The van der Waals surface area contributed by atoms with Gasteiger partial charge in [-0.25, -0.2) is 0 Å². The minimum absolute atomic E-state index is 0.133. The molecule has 1 aromatic rings. The first-order chi connectivity index (χ1) is 17.0. The van der Waals surface area contributed by atoms with Crippen LogP contribution in [-0.2, 0) is 20.9 Å². The number of piperidine rings is 1. The van der Waals surface area contributed by atoms with Crippen molar-refractivity contribution in [2.75, 3.05) is 38.2 Å². The molecule has 3 fully saturated rings. The van der Waals surface area contributed by atoms with Gasteiger partial charge in [-0.2, -0.15) is 0 Å². The zero-order chi connectivity index (χ0) is 24.4. The van der Waals surface area contributed by atoms with E-state index in [4.69, 9.17) is 10.5 Å². The van der Waals surface area contributed by atoms with E-state index in [1.807, 2.05) is 12.1 Å². The Kier molecular flexibility index (Phi) is 7.36. The molecule has 5 rings (SSSR count). The Morgan fingerprint density at radius 1 is 1.09 bits per heavy atom. The number of carbonyl (C=O) groups is 3. The largest absolute Gasteiger partial charge is 0.382 e. The number of morpholine rings is 1. The number of amides is 3. The molecule has 0 spiro atoms. The lowest BCUT2D eigenvalue weighted by Crippen LogP contribution is -2.52. The van der Waals surface area contributed by atoms with Crippen molar-refractivity contribution in [2.24, 2.45) is 11.7 Å². The molecule has 0 radical (unpaired) electrons. The molecule has 190 valence electrons. The second-order valence-corrected chi connectivity index (χ2v) is 10.4. The molecule has 3 amide bonds. The van der Waals surface area contributed by atoms with Crippen molar-refractivity contribution in [3.05, 3.63) is 29.3 Å². The van der Waals surface area contributed by atoms with Gasteiger partial charge in [0.05, 0.1) is 13.2 Å². The molecule has 3 heterocycles. The molecule has 2 saturated heterocycles. The van der Waals surface area contributed by atoms with E-state index in [1.54, 1.807) is 4.90 Å². The van der Waals surface area contributed by atoms with Gasteiger partial charge in [0, 0.05) is 61.5 Å². The highest BCUT2D eigenvalue weighted by Crippen LogP contribution is 2.35. The first-order valence-electron chi connectivity index (χ1n) is 13.1. The van der Waals surface area contributed by atoms with E-state index < -0.39 is 6.04 Å². The van der Waals surface area contributed by atoms with Gasteiger partial charge in [0.15, 0.2) is 0 Å². The Balaban J connectivity index is 1.32. The van der Waals surface area contributed by atoms with Crippen LogP contribution in [-0.4, -0.2) is 78.5 Å². The van der Waals surface area contributed by atoms with Gasteiger partial charge in [0.2, 0.25) is 11.8 Å². The third-order valence-corrected chi connectivity index (χ3v) is 8.17. The van der Waals surface area contributed by atoms with E-state index >= 15 is 0 Å². The standard InChI is InChI=1S/C26H37N5O4/c27-18-6-4-17(5-7-18)21(10-11-30-12-14-35-15-13-30)28-22-3-1-2-19-20(22)16-31(26(19)34)23-8-9-24(32)29-25(23)33/h1-3,17-18,21,23,28H,4-16,27H2,(H,29,32,33)/t17?,18?,21-,23-/m1/s1. The summed E-state index contributed by atoms with van der Waals surface area (Å²) >= 11 is 0. The van der Waals surface area contributed by atoms with Crippen LogP contribution < -0.4 is 16.4 Å². The molecule has 1 aromatic carbocycles. The van der Waals surface area contributed by atoms with Gasteiger partial charge in [-0.1, -0.05) is 6.07 Å². The number of anilines is 1. The van der Waals surface area contributed by atoms with Gasteiger partial charge in [-0.3, -0.25) is 24.6 Å². The molecular formula is C26H37N5O4. The molecule has 1 saturated carbocycles. The first-order valence-corrected chi connectivity index (χ1v) is 13.1. The van der Waals surface area contributed by atoms with E-state index in [2.05, 4.69) is 21.6 Å². The molecule has 0 unspecified atom stereocenters. The number of benzene rings is 1. The van der Waals surface area contributed by atoms with Crippen molar-refractivity contribution in [1.82, 2.24) is 15.1 Å². The lowest BCUT2D eigenvalue weighted by Gasteiger charge is -2.36. The zero-order valence-electron chi connectivity index (χ0n) is 20.3. The van der Waals surface area contributed by atoms with Gasteiger partial charge >= 0.3 is 0 Å². The van der Waals surface area contributed by atoms with Crippen LogP contribution >= 0.6 is 0 Å². The molecule has 9 heteroatoms. The average molecular weight is 484 g/mol. The van der Waals surface area contributed by atoms with Crippen molar-refractivity contribution in [3.8, 4) is 0 Å². The summed E-state index contributed by atoms with van der Waals surface area (Å²) in [6.45, 7) is 4.92. The van der Waals surface area contributed by atoms with Crippen LogP contribution in [0.1, 0.15) is 60.9 Å². The van der Waals surface area contributed by atoms with Crippen molar-refractivity contribution >= 4 is 23.4 Å². The van der Waals surface area contributed by atoms with Crippen molar-refractivity contribution in [1.29, 1.82) is 0 Å². The number of nitrogens with one attached hydrogen (secondary N) is 2. The number of hydrogen-bond acceptors (Lipinski definition) is 7. The van der Waals surface area contributed by atoms with Crippen LogP contribution in [0.4, 0.5) is 5.69 Å². The SMILES string of the molecule is NC1CCC([C@@H](CCN2CCOCC2)Nc2cccc3c2CN([C@@H]2CCC(=O)NC2=O)C3=O)CC1. The molecule has 0 bridgehead atoms. The highest BCUT2D eigenvalue weighted by atomic mass is 16.5. The van der Waals surface area contributed by atoms with E-state index in [0.717, 1.165) is 76.2 Å². The number of nitrogens with two attached hydrogens (primary N) is 1. The number of rotatable bonds is 7. The van der Waals surface area contributed by atoms with Crippen LogP contribution in [0, 0.1) is 5.92 Å². The van der Waals surface area contributed by atoms with E-state index in [9.17, 15) is 14.4 Å². The predicted octanol–water partition coefficient (Wildman–Crippen LogP) is 1.47. The summed E-state index contributed by atoms with van der Waals surface area (Å²) in [4.78, 5) is 41.4. The summed E-state index contributed by atoms with van der Waals surface area (Å²) in [6, 6.07) is 5.80. The van der Waals surface area contributed by atoms with Crippen LogP contribution in [0.15, 0.2) is 18.2 Å². The highest BCUT2D eigenvalue weighted by Gasteiger charge is 2.40. The number of carbonyl (C=O) groups excluding carboxylic acids is 3. The van der Waals surface area contributed by atoms with Gasteiger partial charge < -0.3 is 20.7 Å². The lowest BCUT2D eigenvalue weighted by atomic mass is 9.80. The summed E-state index contributed by atoms with van der Waals surface area (Å²) < 4.78 is 5.51. The number of fused-ring (bicyclic) bond motifs is 1. The average Bonchev–Trinajstić information content (AvgIpc) is 3.20. The maximum atomic E-state index is 13.2. The summed E-state index contributed by atoms with van der Waals surface area (Å²) in [6.07, 6.45) is 5.97. The summed E-state index contributed by atoms with van der Waals surface area (Å²) in [5.41, 5.74) is 8.78. The fourth-order valence-electron chi connectivity index (χ4n) is 6.04. The maximum absolute atomic E-state index is 13.2. The number of nitrogens with zero attached hydrogens (tertiary/aromatic N) is 2. The summed E-state index contributed by atoms with van der Waals surface area (Å²) in [5.74, 6) is -0.242. The quantitative estimate of drug-likeness (QED) is 0.503. The Labute approximate surface area is 206 Å². The molecule has 4 N–H and O–H groups in total. The van der Waals surface area contributed by atoms with Crippen LogP contribution in [0.3, 0.4) is 0 Å². The lowest BCUT2D eigenvalue weighted by molar-refractivity contribution is -0.136. The van der Waals surface area contributed by atoms with E-state index in [1.165, 1.54) is 0 Å². The molecular weight excluding hydrogens is 446 g/mol. The van der Waals surface area contributed by atoms with Gasteiger partial charge in [-0.05, 0) is 56.6 Å². The smallest absolute Gasteiger partial charge is 0.255 e. The van der Waals surface area contributed by atoms with E-state index in [-0.39, 0.29) is 30.2 Å². The molecule has 0 aromatic heterocycles. The molecule has 3 aliphatic heterocycles. The number of hydrogen-bond donors (Lipinski definition) is 3. The Morgan fingerprint density at radius 2 is 1.86 bits per heavy atom. The van der Waals surface area contributed by atoms with Crippen LogP contribution in [0.5, 0.6) is 0 Å². The monoisotopic (exact) mass is 483 g/mol. The second kappa shape index (κ2) is 10.6. The normalized spacial score (nSPS) is 28.5. The Hall–Kier alpha value is -2.49. The van der Waals surface area contributed by atoms with E-state index in [0.29, 0.717) is 30.5 Å². The predicted molar refractivity (Wildman–Crippen MR) is 132 cm³/mol. The highest BCUT2D eigenvalue weighted by molar-refractivity contribution is 6.06. The minimum atomic E-state index is -0.600. The maximum Gasteiger partial charge on any atom is 0.255 e. The number of imide groups is 1. The van der Waals surface area contributed by atoms with Crippen molar-refractivity contribution in [3.63, 3.8) is 0 Å². The number of ether oxygens (including phenoxy) is 1. The van der Waals surface area contributed by atoms with Crippen molar-refractivity contribution < 1.29 is 19.1 Å². The Morgan fingerprint density at radius 3 is 2.60 bits per heavy atom. The van der Waals surface area contributed by atoms with Gasteiger partial charge in [0.25, 0.3) is 5.91 Å². The van der Waals surface area contributed by atoms with Crippen molar-refractivity contribution in [2.45, 2.75) is 69.6 Å². The summed E-state index contributed by atoms with van der Waals surface area (Å²) in [5, 5.41) is 6.22. The van der Waals surface area contributed by atoms with Gasteiger partial charge in [-0.15, -0.1) is 0 Å². The minimum Gasteiger partial charge on any atom is -0.382 e. The fourth-order valence-corrected chi connectivity index (χ4v) is 6.04. The third kappa shape index (κ3) is 5.37. The molecule has 9 nitrogen and oxygen atoms in total. The molecule has 1 aliphatic carbocycles.